The van der Waals surface area contributed by atoms with Crippen LogP contribution in [0.3, 0.4) is 0 Å². The van der Waals surface area contributed by atoms with Gasteiger partial charge in [-0.25, -0.2) is 9.97 Å². The van der Waals surface area contributed by atoms with Gasteiger partial charge >= 0.3 is 0 Å². The molecule has 3 rings (SSSR count). The number of fused-ring (bicyclic) bond motifs is 1. The zero-order valence-corrected chi connectivity index (χ0v) is 12.8. The number of nitrogens with zero attached hydrogens (tertiary/aromatic N) is 2. The molecule has 0 aliphatic rings. The van der Waals surface area contributed by atoms with E-state index in [1.165, 1.54) is 0 Å². The molecule has 2 heterocycles. The number of aliphatic hydroxyl groups is 1. The molecule has 0 radical (unpaired) electrons. The van der Waals surface area contributed by atoms with Crippen molar-refractivity contribution in [1.82, 2.24) is 9.97 Å². The number of aromatic nitrogens is 2. The van der Waals surface area contributed by atoms with Gasteiger partial charge in [0.05, 0.1) is 11.5 Å². The summed E-state index contributed by atoms with van der Waals surface area (Å²) in [4.78, 5) is 9.99. The summed E-state index contributed by atoms with van der Waals surface area (Å²) in [6.07, 6.45) is -0.422. The first-order chi connectivity index (χ1) is 10.1. The quantitative estimate of drug-likeness (QED) is 0.774. The largest absolute Gasteiger partial charge is 0.392 e. The van der Waals surface area contributed by atoms with Crippen LogP contribution >= 0.6 is 11.3 Å². The van der Waals surface area contributed by atoms with Gasteiger partial charge in [0.2, 0.25) is 0 Å². The van der Waals surface area contributed by atoms with Crippen LogP contribution in [-0.2, 0) is 0 Å². The Bertz CT molecular complexity index is 753. The average molecular weight is 299 g/mol. The minimum absolute atomic E-state index is 0.422. The zero-order chi connectivity index (χ0) is 14.8. The zero-order valence-electron chi connectivity index (χ0n) is 12.0. The van der Waals surface area contributed by atoms with E-state index in [0.29, 0.717) is 6.54 Å². The Hall–Kier alpha value is -1.98. The molecular weight excluding hydrogens is 282 g/mol. The van der Waals surface area contributed by atoms with Crippen LogP contribution in [0.5, 0.6) is 0 Å². The lowest BCUT2D eigenvalue weighted by Crippen LogP contribution is -2.16. The molecule has 0 aliphatic carbocycles. The predicted molar refractivity (Wildman–Crippen MR) is 87.8 cm³/mol. The highest BCUT2D eigenvalue weighted by Gasteiger charge is 2.14. The van der Waals surface area contributed by atoms with E-state index in [1.807, 2.05) is 25.1 Å². The molecule has 2 N–H and O–H groups in total. The van der Waals surface area contributed by atoms with Crippen LogP contribution < -0.4 is 5.32 Å². The second-order valence-corrected chi connectivity index (χ2v) is 5.90. The van der Waals surface area contributed by atoms with Crippen molar-refractivity contribution in [3.05, 3.63) is 41.5 Å². The van der Waals surface area contributed by atoms with Gasteiger partial charge in [0, 0.05) is 17.5 Å². The van der Waals surface area contributed by atoms with Crippen LogP contribution in [0.15, 0.2) is 35.7 Å². The number of aliphatic hydroxyl groups excluding tert-OH is 1. The van der Waals surface area contributed by atoms with Gasteiger partial charge in [0.15, 0.2) is 0 Å². The van der Waals surface area contributed by atoms with Crippen molar-refractivity contribution in [2.75, 3.05) is 11.9 Å². The van der Waals surface area contributed by atoms with Gasteiger partial charge in [-0.3, -0.25) is 0 Å². The summed E-state index contributed by atoms with van der Waals surface area (Å²) in [6.45, 7) is 4.11. The molecule has 3 aromatic rings. The molecule has 4 nitrogen and oxygen atoms in total. The van der Waals surface area contributed by atoms with Crippen molar-refractivity contribution >= 4 is 27.4 Å². The van der Waals surface area contributed by atoms with Gasteiger partial charge in [-0.1, -0.05) is 30.3 Å². The summed E-state index contributed by atoms with van der Waals surface area (Å²) in [5, 5.41) is 15.9. The van der Waals surface area contributed by atoms with E-state index in [4.69, 9.17) is 0 Å². The Labute approximate surface area is 127 Å². The van der Waals surface area contributed by atoms with Gasteiger partial charge in [0.1, 0.15) is 16.5 Å². The van der Waals surface area contributed by atoms with Crippen LogP contribution in [-0.4, -0.2) is 27.7 Å². The maximum atomic E-state index is 9.49. The van der Waals surface area contributed by atoms with Crippen LogP contribution in [0.1, 0.15) is 12.7 Å². The van der Waals surface area contributed by atoms with Gasteiger partial charge in [-0.2, -0.15) is 0 Å². The topological polar surface area (TPSA) is 58.0 Å². The van der Waals surface area contributed by atoms with Crippen LogP contribution in [0.4, 0.5) is 5.82 Å². The first-order valence-corrected chi connectivity index (χ1v) is 7.76. The number of nitrogens with one attached hydrogen (secondary N) is 1. The average Bonchev–Trinajstić information content (AvgIpc) is 2.89. The molecule has 0 fully saturated rings. The standard InChI is InChI=1S/C16H17N3OS/c1-10(20)8-17-15-14-13(12-6-4-3-5-7-12)9-21-16(14)19-11(2)18-15/h3-7,9-10,20H,8H2,1-2H3,(H,17,18,19). The van der Waals surface area contributed by atoms with Crippen LogP contribution in [0.25, 0.3) is 21.3 Å². The Balaban J connectivity index is 2.14. The number of rotatable bonds is 4. The van der Waals surface area contributed by atoms with Crippen molar-refractivity contribution in [2.24, 2.45) is 0 Å². The van der Waals surface area contributed by atoms with Crippen LogP contribution in [0.2, 0.25) is 0 Å². The van der Waals surface area contributed by atoms with Crippen molar-refractivity contribution in [1.29, 1.82) is 0 Å². The Kier molecular flexibility index (Phi) is 3.86. The number of benzene rings is 1. The van der Waals surface area contributed by atoms with Crippen molar-refractivity contribution < 1.29 is 5.11 Å². The Morgan fingerprint density at radius 3 is 2.71 bits per heavy atom. The summed E-state index contributed by atoms with van der Waals surface area (Å²) >= 11 is 1.62. The third kappa shape index (κ3) is 2.89. The predicted octanol–water partition coefficient (Wildman–Crippen LogP) is 3.46. The summed E-state index contributed by atoms with van der Waals surface area (Å²) in [6, 6.07) is 10.2. The van der Waals surface area contributed by atoms with Crippen molar-refractivity contribution in [3.63, 3.8) is 0 Å². The fourth-order valence-corrected chi connectivity index (χ4v) is 3.24. The molecule has 21 heavy (non-hydrogen) atoms. The highest BCUT2D eigenvalue weighted by Crippen LogP contribution is 2.36. The normalized spacial score (nSPS) is 12.5. The van der Waals surface area contributed by atoms with Gasteiger partial charge < -0.3 is 10.4 Å². The van der Waals surface area contributed by atoms with Crippen molar-refractivity contribution in [2.45, 2.75) is 20.0 Å². The summed E-state index contributed by atoms with van der Waals surface area (Å²) in [7, 11) is 0. The lowest BCUT2D eigenvalue weighted by molar-refractivity contribution is 0.208. The maximum absolute atomic E-state index is 9.49. The number of aryl methyl sites for hydroxylation is 1. The highest BCUT2D eigenvalue weighted by molar-refractivity contribution is 7.17. The number of thiophene rings is 1. The van der Waals surface area contributed by atoms with E-state index in [0.717, 1.165) is 33.0 Å². The lowest BCUT2D eigenvalue weighted by Gasteiger charge is -2.10. The van der Waals surface area contributed by atoms with E-state index >= 15 is 0 Å². The Morgan fingerprint density at radius 2 is 2.00 bits per heavy atom. The molecular formula is C16H17N3OS. The monoisotopic (exact) mass is 299 g/mol. The lowest BCUT2D eigenvalue weighted by atomic mass is 10.1. The van der Waals surface area contributed by atoms with Gasteiger partial charge in [-0.05, 0) is 19.4 Å². The molecule has 0 bridgehead atoms. The molecule has 1 aromatic carbocycles. The van der Waals surface area contributed by atoms with E-state index in [2.05, 4.69) is 32.8 Å². The number of hydrogen-bond acceptors (Lipinski definition) is 5. The molecule has 1 atom stereocenters. The third-order valence-electron chi connectivity index (χ3n) is 3.20. The maximum Gasteiger partial charge on any atom is 0.139 e. The van der Waals surface area contributed by atoms with Crippen molar-refractivity contribution in [3.8, 4) is 11.1 Å². The fraction of sp³-hybridized carbons (Fsp3) is 0.250. The minimum atomic E-state index is -0.422. The summed E-state index contributed by atoms with van der Waals surface area (Å²) in [5.74, 6) is 1.52. The molecule has 5 heteroatoms. The molecule has 0 aliphatic heterocycles. The molecule has 0 amide bonds. The molecule has 2 aromatic heterocycles. The fourth-order valence-electron chi connectivity index (χ4n) is 2.25. The first-order valence-electron chi connectivity index (χ1n) is 6.88. The smallest absolute Gasteiger partial charge is 0.139 e. The van der Waals surface area contributed by atoms with E-state index in [9.17, 15) is 5.11 Å². The van der Waals surface area contributed by atoms with E-state index < -0.39 is 6.10 Å². The second kappa shape index (κ2) is 5.79. The molecule has 108 valence electrons. The summed E-state index contributed by atoms with van der Waals surface area (Å²) in [5.41, 5.74) is 2.28. The van der Waals surface area contributed by atoms with Gasteiger partial charge in [-0.15, -0.1) is 11.3 Å². The number of hydrogen-bond donors (Lipinski definition) is 2. The first kappa shape index (κ1) is 14.0. The van der Waals surface area contributed by atoms with Gasteiger partial charge in [0.25, 0.3) is 0 Å². The highest BCUT2D eigenvalue weighted by atomic mass is 32.1. The number of anilines is 1. The molecule has 1 unspecified atom stereocenters. The summed E-state index contributed by atoms with van der Waals surface area (Å²) < 4.78 is 0. The molecule has 0 saturated carbocycles. The SMILES string of the molecule is Cc1nc(NCC(C)O)c2c(-c3ccccc3)csc2n1. The molecule has 0 spiro atoms. The van der Waals surface area contributed by atoms with E-state index in [1.54, 1.807) is 18.3 Å². The minimum Gasteiger partial charge on any atom is -0.392 e. The third-order valence-corrected chi connectivity index (χ3v) is 4.07. The van der Waals surface area contributed by atoms with Crippen LogP contribution in [0, 0.1) is 6.92 Å². The van der Waals surface area contributed by atoms with E-state index in [-0.39, 0.29) is 0 Å². The Morgan fingerprint density at radius 1 is 1.24 bits per heavy atom. The second-order valence-electron chi connectivity index (χ2n) is 5.04. The molecule has 0 saturated heterocycles.